The zero-order chi connectivity index (χ0) is 20.6. The van der Waals surface area contributed by atoms with Crippen molar-refractivity contribution in [2.45, 2.75) is 13.0 Å². The van der Waals surface area contributed by atoms with E-state index in [4.69, 9.17) is 16.3 Å². The van der Waals surface area contributed by atoms with E-state index in [2.05, 4.69) is 39.6 Å². The number of morpholine rings is 1. The minimum absolute atomic E-state index is 0.0171. The summed E-state index contributed by atoms with van der Waals surface area (Å²) in [6.45, 7) is 5.28. The van der Waals surface area contributed by atoms with Gasteiger partial charge in [-0.15, -0.1) is 0 Å². The normalized spacial score (nSPS) is 17.1. The van der Waals surface area contributed by atoms with Crippen LogP contribution in [-0.4, -0.2) is 56.6 Å². The molecule has 2 aromatic rings. The van der Waals surface area contributed by atoms with Crippen LogP contribution in [0.15, 0.2) is 53.5 Å². The summed E-state index contributed by atoms with van der Waals surface area (Å²) in [5, 5.41) is 6.65. The number of hydrogen-bond acceptors (Lipinski definition) is 3. The fraction of sp³-hybridized carbons (Fsp3) is 0.364. The van der Waals surface area contributed by atoms with Gasteiger partial charge in [0.15, 0.2) is 5.96 Å². The van der Waals surface area contributed by atoms with E-state index in [1.54, 1.807) is 31.3 Å². The smallest absolute Gasteiger partial charge is 0.252 e. The molecule has 2 N–H and O–H groups in total. The second-order valence-corrected chi connectivity index (χ2v) is 7.28. The van der Waals surface area contributed by atoms with Gasteiger partial charge in [-0.1, -0.05) is 48.0 Å². The maximum absolute atomic E-state index is 12.2. The van der Waals surface area contributed by atoms with Crippen LogP contribution in [0.2, 0.25) is 5.02 Å². The molecule has 7 heteroatoms. The van der Waals surface area contributed by atoms with Gasteiger partial charge in [0.2, 0.25) is 0 Å². The summed E-state index contributed by atoms with van der Waals surface area (Å²) < 4.78 is 5.99. The summed E-state index contributed by atoms with van der Waals surface area (Å²) in [5.41, 5.74) is 2.91. The summed E-state index contributed by atoms with van der Waals surface area (Å²) in [6, 6.07) is 15.3. The highest BCUT2D eigenvalue weighted by Crippen LogP contribution is 2.24. The van der Waals surface area contributed by atoms with Crippen molar-refractivity contribution in [3.8, 4) is 0 Å². The number of carbonyl (C=O) groups excluding carboxylic acids is 1. The number of rotatable bonds is 5. The third-order valence-corrected chi connectivity index (χ3v) is 5.25. The molecule has 0 aromatic heterocycles. The van der Waals surface area contributed by atoms with Crippen molar-refractivity contribution in [3.63, 3.8) is 0 Å². The van der Waals surface area contributed by atoms with E-state index in [0.29, 0.717) is 30.3 Å². The summed E-state index contributed by atoms with van der Waals surface area (Å²) in [5.74, 6) is 0.622. The van der Waals surface area contributed by atoms with Gasteiger partial charge in [-0.2, -0.15) is 0 Å². The van der Waals surface area contributed by atoms with Gasteiger partial charge < -0.3 is 20.3 Å². The van der Waals surface area contributed by atoms with Gasteiger partial charge in [0.1, 0.15) is 6.10 Å². The van der Waals surface area contributed by atoms with E-state index in [9.17, 15) is 4.79 Å². The first-order valence-electron chi connectivity index (χ1n) is 9.75. The highest BCUT2D eigenvalue weighted by atomic mass is 35.5. The summed E-state index contributed by atoms with van der Waals surface area (Å²) in [7, 11) is 1.77. The lowest BCUT2D eigenvalue weighted by atomic mass is 10.0. The number of amides is 1. The first kappa shape index (κ1) is 21.1. The fourth-order valence-corrected chi connectivity index (χ4v) is 3.62. The van der Waals surface area contributed by atoms with Crippen LogP contribution >= 0.6 is 11.6 Å². The van der Waals surface area contributed by atoms with Crippen molar-refractivity contribution in [1.29, 1.82) is 0 Å². The maximum atomic E-state index is 12.2. The van der Waals surface area contributed by atoms with E-state index in [1.807, 2.05) is 12.1 Å². The molecule has 1 atom stereocenters. The molecule has 29 heavy (non-hydrogen) atoms. The van der Waals surface area contributed by atoms with Gasteiger partial charge >= 0.3 is 0 Å². The van der Waals surface area contributed by atoms with Crippen molar-refractivity contribution >= 4 is 23.5 Å². The average Bonchev–Trinajstić information content (AvgIpc) is 2.74. The Labute approximate surface area is 176 Å². The van der Waals surface area contributed by atoms with Crippen molar-refractivity contribution in [1.82, 2.24) is 15.5 Å². The van der Waals surface area contributed by atoms with Crippen LogP contribution in [0.25, 0.3) is 0 Å². The molecule has 1 aliphatic rings. The largest absolute Gasteiger partial charge is 0.370 e. The Morgan fingerprint density at radius 3 is 2.66 bits per heavy atom. The van der Waals surface area contributed by atoms with Crippen molar-refractivity contribution < 1.29 is 9.53 Å². The lowest BCUT2D eigenvalue weighted by molar-refractivity contribution is -0.00829. The van der Waals surface area contributed by atoms with Crippen molar-refractivity contribution in [2.24, 2.45) is 4.99 Å². The third kappa shape index (κ3) is 5.49. The number of benzene rings is 2. The predicted octanol–water partition coefficient (Wildman–Crippen LogP) is 3.03. The van der Waals surface area contributed by atoms with Crippen LogP contribution in [0.3, 0.4) is 0 Å². The lowest BCUT2D eigenvalue weighted by Crippen LogP contribution is -2.49. The molecule has 0 aliphatic carbocycles. The van der Waals surface area contributed by atoms with Crippen LogP contribution < -0.4 is 10.6 Å². The lowest BCUT2D eigenvalue weighted by Gasteiger charge is -2.35. The number of halogens is 1. The highest BCUT2D eigenvalue weighted by Gasteiger charge is 2.25. The quantitative estimate of drug-likeness (QED) is 0.448. The second kappa shape index (κ2) is 10.3. The molecule has 1 heterocycles. The van der Waals surface area contributed by atoms with Crippen LogP contribution in [0.5, 0.6) is 0 Å². The van der Waals surface area contributed by atoms with Gasteiger partial charge in [-0.05, 0) is 30.2 Å². The molecule has 0 spiro atoms. The number of guanidine groups is 1. The molecule has 6 nitrogen and oxygen atoms in total. The van der Waals surface area contributed by atoms with Crippen molar-refractivity contribution in [2.75, 3.05) is 39.8 Å². The molecule has 1 unspecified atom stereocenters. The molecule has 0 saturated carbocycles. The molecular formula is C22H27ClN4O2. The number of nitrogens with zero attached hydrogens (tertiary/aromatic N) is 2. The van der Waals surface area contributed by atoms with E-state index >= 15 is 0 Å². The van der Waals surface area contributed by atoms with Crippen LogP contribution in [0, 0.1) is 6.92 Å². The number of ether oxygens (including phenoxy) is 1. The minimum Gasteiger partial charge on any atom is -0.370 e. The first-order valence-corrected chi connectivity index (χ1v) is 10.1. The van der Waals surface area contributed by atoms with E-state index in [1.165, 1.54) is 11.1 Å². The van der Waals surface area contributed by atoms with Gasteiger partial charge in [0.25, 0.3) is 5.91 Å². The Morgan fingerprint density at radius 2 is 1.90 bits per heavy atom. The van der Waals surface area contributed by atoms with Gasteiger partial charge in [0, 0.05) is 26.7 Å². The van der Waals surface area contributed by atoms with Crippen LogP contribution in [0.4, 0.5) is 0 Å². The molecule has 0 bridgehead atoms. The molecule has 154 valence electrons. The summed E-state index contributed by atoms with van der Waals surface area (Å²) in [6.07, 6.45) is 0.0171. The number of nitrogens with one attached hydrogen (secondary N) is 2. The zero-order valence-corrected chi connectivity index (χ0v) is 17.6. The number of aryl methyl sites for hydroxylation is 1. The monoisotopic (exact) mass is 414 g/mol. The SMILES string of the molecule is CN=C(NCCNC(=O)c1ccccc1Cl)N1CCOC(c2ccccc2C)C1. The summed E-state index contributed by atoms with van der Waals surface area (Å²) in [4.78, 5) is 18.8. The van der Waals surface area contributed by atoms with Crippen molar-refractivity contribution in [3.05, 3.63) is 70.2 Å². The molecule has 2 aromatic carbocycles. The molecule has 1 aliphatic heterocycles. The number of aliphatic imine (C=N–C) groups is 1. The Morgan fingerprint density at radius 1 is 1.17 bits per heavy atom. The Balaban J connectivity index is 1.50. The molecule has 1 fully saturated rings. The fourth-order valence-electron chi connectivity index (χ4n) is 3.40. The Bertz CT molecular complexity index is 871. The number of carbonyl (C=O) groups is 1. The summed E-state index contributed by atoms with van der Waals surface area (Å²) >= 11 is 6.07. The predicted molar refractivity (Wildman–Crippen MR) is 117 cm³/mol. The average molecular weight is 415 g/mol. The minimum atomic E-state index is -0.182. The van der Waals surface area contributed by atoms with E-state index in [0.717, 1.165) is 19.0 Å². The van der Waals surface area contributed by atoms with Crippen LogP contribution in [-0.2, 0) is 4.74 Å². The van der Waals surface area contributed by atoms with Crippen LogP contribution in [0.1, 0.15) is 27.6 Å². The maximum Gasteiger partial charge on any atom is 0.252 e. The standard InChI is InChI=1S/C22H27ClN4O2/c1-16-7-3-4-8-17(16)20-15-27(13-14-29-20)22(24-2)26-12-11-25-21(28)18-9-5-6-10-19(18)23/h3-10,20H,11-15H2,1-2H3,(H,24,26)(H,25,28). The second-order valence-electron chi connectivity index (χ2n) is 6.87. The Kier molecular flexibility index (Phi) is 7.49. The van der Waals surface area contributed by atoms with E-state index < -0.39 is 0 Å². The zero-order valence-electron chi connectivity index (χ0n) is 16.8. The number of hydrogen-bond donors (Lipinski definition) is 2. The molecule has 1 amide bonds. The first-order chi connectivity index (χ1) is 14.1. The van der Waals surface area contributed by atoms with Gasteiger partial charge in [-0.25, -0.2) is 0 Å². The van der Waals surface area contributed by atoms with E-state index in [-0.39, 0.29) is 12.0 Å². The molecular weight excluding hydrogens is 388 g/mol. The van der Waals surface area contributed by atoms with Gasteiger partial charge in [-0.3, -0.25) is 9.79 Å². The molecule has 3 rings (SSSR count). The third-order valence-electron chi connectivity index (χ3n) is 4.93. The molecule has 1 saturated heterocycles. The molecule has 0 radical (unpaired) electrons. The Hall–Kier alpha value is -2.57. The highest BCUT2D eigenvalue weighted by molar-refractivity contribution is 6.33. The van der Waals surface area contributed by atoms with Gasteiger partial charge in [0.05, 0.1) is 23.7 Å². The topological polar surface area (TPSA) is 66.0 Å².